The molecule has 154 valence electrons. The van der Waals surface area contributed by atoms with Gasteiger partial charge in [-0.25, -0.2) is 15.0 Å². The van der Waals surface area contributed by atoms with E-state index < -0.39 is 0 Å². The smallest absolute Gasteiger partial charge is 0.156 e. The molecule has 1 aliphatic carbocycles. The van der Waals surface area contributed by atoms with Gasteiger partial charge in [-0.3, -0.25) is 4.98 Å². The van der Waals surface area contributed by atoms with Crippen LogP contribution in [0, 0.1) is 0 Å². The third-order valence-electron chi connectivity index (χ3n) is 6.04. The first kappa shape index (κ1) is 18.2. The van der Waals surface area contributed by atoms with Crippen molar-refractivity contribution in [2.45, 2.75) is 45.1 Å². The maximum Gasteiger partial charge on any atom is 0.156 e. The third-order valence-corrected chi connectivity index (χ3v) is 6.04. The molecule has 0 bridgehead atoms. The van der Waals surface area contributed by atoms with Gasteiger partial charge in [0.25, 0.3) is 0 Å². The molecule has 1 saturated carbocycles. The predicted molar refractivity (Wildman–Crippen MR) is 123 cm³/mol. The summed E-state index contributed by atoms with van der Waals surface area (Å²) in [7, 11) is 0. The van der Waals surface area contributed by atoms with Gasteiger partial charge in [0.15, 0.2) is 5.65 Å². The summed E-state index contributed by atoms with van der Waals surface area (Å²) in [5.74, 6) is 0.648. The van der Waals surface area contributed by atoms with Crippen molar-refractivity contribution in [3.8, 4) is 22.4 Å². The molecular weight excluding hydrogens is 384 g/mol. The zero-order valence-electron chi connectivity index (χ0n) is 17.9. The van der Waals surface area contributed by atoms with Crippen molar-refractivity contribution >= 4 is 22.2 Å². The maximum atomic E-state index is 4.95. The molecular formula is C25H24N6. The van der Waals surface area contributed by atoms with Gasteiger partial charge in [0.1, 0.15) is 5.52 Å². The molecule has 6 heteroatoms. The molecule has 0 radical (unpaired) electrons. The number of aromatic nitrogens is 6. The van der Waals surface area contributed by atoms with Gasteiger partial charge in [-0.2, -0.15) is 0 Å². The molecule has 0 aliphatic heterocycles. The third kappa shape index (κ3) is 3.10. The average molecular weight is 409 g/mol. The van der Waals surface area contributed by atoms with Crippen molar-refractivity contribution in [2.75, 3.05) is 0 Å². The van der Waals surface area contributed by atoms with E-state index >= 15 is 0 Å². The van der Waals surface area contributed by atoms with Crippen LogP contribution in [-0.2, 0) is 5.54 Å². The minimum absolute atomic E-state index is 0.0415. The number of hydrogen-bond acceptors (Lipinski definition) is 4. The molecule has 4 aromatic heterocycles. The van der Waals surface area contributed by atoms with Gasteiger partial charge in [-0.15, -0.1) is 0 Å². The number of benzene rings is 1. The van der Waals surface area contributed by atoms with Crippen molar-refractivity contribution in [3.05, 3.63) is 60.9 Å². The standard InChI is InChI=1S/C25H24N6/c1-25(2,3)31-14-29-20-9-6-16(10-22(20)31)18-12-27-24-23(18)30-21(13-28-24)17-7-8-19(26-11-17)15-4-5-15/h6-15H,4-5H2,1-3H3,(H,27,28). The normalized spacial score (nSPS) is 14.5. The number of pyridine rings is 1. The minimum Gasteiger partial charge on any atom is -0.344 e. The Bertz CT molecular complexity index is 1410. The van der Waals surface area contributed by atoms with E-state index in [1.807, 2.05) is 24.9 Å². The fourth-order valence-electron chi connectivity index (χ4n) is 4.14. The van der Waals surface area contributed by atoms with Gasteiger partial charge in [0.2, 0.25) is 0 Å². The summed E-state index contributed by atoms with van der Waals surface area (Å²) in [6, 6.07) is 10.6. The SMILES string of the molecule is CC(C)(C)n1cnc2ccc(-c3c[nH]c4ncc(-c5ccc(C6CC6)nc5)nc34)cc21. The molecule has 1 aromatic carbocycles. The van der Waals surface area contributed by atoms with Gasteiger partial charge in [-0.1, -0.05) is 6.07 Å². The van der Waals surface area contributed by atoms with Crippen LogP contribution in [-0.4, -0.2) is 29.5 Å². The summed E-state index contributed by atoms with van der Waals surface area (Å²) in [6.45, 7) is 6.56. The molecule has 0 atom stereocenters. The molecule has 0 unspecified atom stereocenters. The number of aromatic amines is 1. The Kier molecular flexibility index (Phi) is 3.81. The highest BCUT2D eigenvalue weighted by Crippen LogP contribution is 2.39. The number of rotatable bonds is 3. The number of fused-ring (bicyclic) bond motifs is 2. The molecule has 0 amide bonds. The first-order valence-electron chi connectivity index (χ1n) is 10.8. The van der Waals surface area contributed by atoms with Crippen molar-refractivity contribution in [1.29, 1.82) is 0 Å². The summed E-state index contributed by atoms with van der Waals surface area (Å²) in [4.78, 5) is 22.1. The Labute approximate surface area is 180 Å². The van der Waals surface area contributed by atoms with Crippen LogP contribution < -0.4 is 0 Å². The quantitative estimate of drug-likeness (QED) is 0.417. The number of nitrogens with one attached hydrogen (secondary N) is 1. The molecule has 6 rings (SSSR count). The van der Waals surface area contributed by atoms with Crippen LogP contribution in [0.1, 0.15) is 45.2 Å². The molecule has 6 nitrogen and oxygen atoms in total. The monoisotopic (exact) mass is 408 g/mol. The molecule has 1 N–H and O–H groups in total. The lowest BCUT2D eigenvalue weighted by Crippen LogP contribution is -2.20. The van der Waals surface area contributed by atoms with E-state index in [1.165, 1.54) is 18.5 Å². The van der Waals surface area contributed by atoms with Gasteiger partial charge < -0.3 is 9.55 Å². The number of hydrogen-bond donors (Lipinski definition) is 1. The van der Waals surface area contributed by atoms with Crippen LogP contribution in [0.4, 0.5) is 0 Å². The van der Waals surface area contributed by atoms with Crippen LogP contribution in [0.5, 0.6) is 0 Å². The van der Waals surface area contributed by atoms with Crippen LogP contribution in [0.25, 0.3) is 44.6 Å². The fourth-order valence-corrected chi connectivity index (χ4v) is 4.14. The first-order chi connectivity index (χ1) is 15.0. The van der Waals surface area contributed by atoms with E-state index in [2.05, 4.69) is 75.6 Å². The molecule has 4 heterocycles. The number of H-pyrrole nitrogens is 1. The second-order valence-electron chi connectivity index (χ2n) is 9.39. The molecule has 31 heavy (non-hydrogen) atoms. The van der Waals surface area contributed by atoms with E-state index in [0.29, 0.717) is 5.92 Å². The van der Waals surface area contributed by atoms with Crippen molar-refractivity contribution in [2.24, 2.45) is 0 Å². The number of nitrogens with zero attached hydrogens (tertiary/aromatic N) is 5. The largest absolute Gasteiger partial charge is 0.344 e. The molecule has 5 aromatic rings. The Morgan fingerprint density at radius 2 is 1.81 bits per heavy atom. The lowest BCUT2D eigenvalue weighted by Gasteiger charge is -2.21. The fraction of sp³-hybridized carbons (Fsp3) is 0.280. The highest BCUT2D eigenvalue weighted by Gasteiger charge is 2.24. The van der Waals surface area contributed by atoms with E-state index in [4.69, 9.17) is 4.98 Å². The summed E-state index contributed by atoms with van der Waals surface area (Å²) in [5, 5.41) is 0. The summed E-state index contributed by atoms with van der Waals surface area (Å²) in [6.07, 6.45) is 10.1. The highest BCUT2D eigenvalue weighted by molar-refractivity contribution is 5.94. The second-order valence-corrected chi connectivity index (χ2v) is 9.39. The lowest BCUT2D eigenvalue weighted by molar-refractivity contribution is 0.408. The van der Waals surface area contributed by atoms with Crippen LogP contribution in [0.15, 0.2) is 55.2 Å². The number of imidazole rings is 1. The minimum atomic E-state index is -0.0415. The van der Waals surface area contributed by atoms with E-state index in [0.717, 1.165) is 44.6 Å². The van der Waals surface area contributed by atoms with E-state index in [-0.39, 0.29) is 5.54 Å². The van der Waals surface area contributed by atoms with Crippen molar-refractivity contribution < 1.29 is 0 Å². The summed E-state index contributed by atoms with van der Waals surface area (Å²) >= 11 is 0. The Morgan fingerprint density at radius 3 is 2.55 bits per heavy atom. The molecule has 0 saturated heterocycles. The first-order valence-corrected chi connectivity index (χ1v) is 10.8. The van der Waals surface area contributed by atoms with Gasteiger partial charge in [0, 0.05) is 40.7 Å². The molecule has 1 fully saturated rings. The van der Waals surface area contributed by atoms with Gasteiger partial charge in [0.05, 0.1) is 29.3 Å². The highest BCUT2D eigenvalue weighted by atomic mass is 15.1. The zero-order chi connectivity index (χ0) is 21.2. The van der Waals surface area contributed by atoms with E-state index in [1.54, 1.807) is 0 Å². The lowest BCUT2D eigenvalue weighted by atomic mass is 10.1. The van der Waals surface area contributed by atoms with Gasteiger partial charge >= 0.3 is 0 Å². The zero-order valence-corrected chi connectivity index (χ0v) is 17.9. The average Bonchev–Trinajstić information content (AvgIpc) is 3.38. The summed E-state index contributed by atoms with van der Waals surface area (Å²) < 4.78 is 2.21. The van der Waals surface area contributed by atoms with Crippen molar-refractivity contribution in [3.63, 3.8) is 0 Å². The molecule has 0 spiro atoms. The van der Waals surface area contributed by atoms with Crippen LogP contribution >= 0.6 is 0 Å². The van der Waals surface area contributed by atoms with E-state index in [9.17, 15) is 0 Å². The molecule has 1 aliphatic rings. The summed E-state index contributed by atoms with van der Waals surface area (Å²) in [5.41, 5.74) is 8.86. The van der Waals surface area contributed by atoms with Crippen LogP contribution in [0.2, 0.25) is 0 Å². The maximum absolute atomic E-state index is 4.95. The Hall–Kier alpha value is -3.54. The van der Waals surface area contributed by atoms with Crippen molar-refractivity contribution in [1.82, 2.24) is 29.5 Å². The van der Waals surface area contributed by atoms with Gasteiger partial charge in [-0.05, 0) is 63.4 Å². The Morgan fingerprint density at radius 1 is 0.968 bits per heavy atom. The van der Waals surface area contributed by atoms with Crippen LogP contribution in [0.3, 0.4) is 0 Å². The second kappa shape index (κ2) is 6.48. The topological polar surface area (TPSA) is 72.3 Å². The predicted octanol–water partition coefficient (Wildman–Crippen LogP) is 5.67. The Balaban J connectivity index is 1.45.